The monoisotopic (exact) mass is 307 g/mol. The van der Waals surface area contributed by atoms with Gasteiger partial charge >= 0.3 is 0 Å². The Morgan fingerprint density at radius 1 is 1.29 bits per heavy atom. The molecule has 0 aliphatic carbocycles. The highest BCUT2D eigenvalue weighted by Gasteiger charge is 2.00. The Morgan fingerprint density at radius 3 is 3.06 bits per heavy atom. The number of aromatic amines is 1. The van der Waals surface area contributed by atoms with Gasteiger partial charge in [-0.25, -0.2) is 0 Å². The molecule has 0 saturated heterocycles. The molecular formula is C12H10BrN3S. The van der Waals surface area contributed by atoms with E-state index in [0.29, 0.717) is 0 Å². The second-order valence-electron chi connectivity index (χ2n) is 3.73. The molecule has 0 aliphatic rings. The van der Waals surface area contributed by atoms with Gasteiger partial charge in [-0.3, -0.25) is 5.10 Å². The van der Waals surface area contributed by atoms with Crippen molar-refractivity contribution in [2.45, 2.75) is 6.54 Å². The molecule has 0 atom stereocenters. The van der Waals surface area contributed by atoms with E-state index in [-0.39, 0.29) is 0 Å². The van der Waals surface area contributed by atoms with Gasteiger partial charge in [0.15, 0.2) is 0 Å². The first-order valence-corrected chi connectivity index (χ1v) is 6.83. The zero-order valence-electron chi connectivity index (χ0n) is 8.90. The molecule has 1 aromatic carbocycles. The van der Waals surface area contributed by atoms with Crippen LogP contribution in [0.4, 0.5) is 5.69 Å². The van der Waals surface area contributed by atoms with Crippen LogP contribution in [-0.2, 0) is 6.54 Å². The molecule has 2 N–H and O–H groups in total. The van der Waals surface area contributed by atoms with Gasteiger partial charge in [0.1, 0.15) is 0 Å². The van der Waals surface area contributed by atoms with Gasteiger partial charge in [0.05, 0.1) is 15.5 Å². The number of H-pyrrole nitrogens is 1. The van der Waals surface area contributed by atoms with E-state index in [0.717, 1.165) is 23.1 Å². The summed E-state index contributed by atoms with van der Waals surface area (Å²) in [6.07, 6.45) is 1.84. The zero-order chi connectivity index (χ0) is 11.7. The van der Waals surface area contributed by atoms with Crippen molar-refractivity contribution in [3.63, 3.8) is 0 Å². The van der Waals surface area contributed by atoms with Crippen molar-refractivity contribution in [1.82, 2.24) is 10.2 Å². The van der Waals surface area contributed by atoms with Gasteiger partial charge < -0.3 is 5.32 Å². The van der Waals surface area contributed by atoms with Gasteiger partial charge in [-0.2, -0.15) is 5.10 Å². The van der Waals surface area contributed by atoms with Crippen molar-refractivity contribution in [1.29, 1.82) is 0 Å². The Hall–Kier alpha value is -1.33. The van der Waals surface area contributed by atoms with Gasteiger partial charge in [0, 0.05) is 22.5 Å². The third kappa shape index (κ3) is 2.35. The summed E-state index contributed by atoms with van der Waals surface area (Å²) in [4.78, 5) is 1.31. The minimum atomic E-state index is 0.847. The molecule has 0 amide bonds. The summed E-state index contributed by atoms with van der Waals surface area (Å²) in [6.45, 7) is 0.847. The first-order chi connectivity index (χ1) is 8.31. The molecule has 0 aliphatic heterocycles. The topological polar surface area (TPSA) is 40.7 Å². The van der Waals surface area contributed by atoms with E-state index in [9.17, 15) is 0 Å². The Bertz CT molecular complexity index is 644. The maximum absolute atomic E-state index is 4.01. The lowest BCUT2D eigenvalue weighted by Crippen LogP contribution is -1.96. The van der Waals surface area contributed by atoms with Gasteiger partial charge in [-0.15, -0.1) is 11.3 Å². The maximum atomic E-state index is 4.01. The number of rotatable bonds is 3. The summed E-state index contributed by atoms with van der Waals surface area (Å²) >= 11 is 5.21. The van der Waals surface area contributed by atoms with Crippen LogP contribution in [0.2, 0.25) is 0 Å². The second kappa shape index (κ2) is 4.50. The minimum Gasteiger partial charge on any atom is -0.380 e. The van der Waals surface area contributed by atoms with Crippen LogP contribution in [0.25, 0.3) is 10.9 Å². The van der Waals surface area contributed by atoms with E-state index in [1.165, 1.54) is 8.66 Å². The fourth-order valence-electron chi connectivity index (χ4n) is 1.69. The smallest absolute Gasteiger partial charge is 0.0702 e. The van der Waals surface area contributed by atoms with Crippen LogP contribution in [0.15, 0.2) is 40.3 Å². The summed E-state index contributed by atoms with van der Waals surface area (Å²) in [5.41, 5.74) is 2.18. The number of halogens is 1. The first-order valence-electron chi connectivity index (χ1n) is 5.22. The predicted molar refractivity (Wildman–Crippen MR) is 75.4 cm³/mol. The molecule has 2 heterocycles. The van der Waals surface area contributed by atoms with Crippen molar-refractivity contribution < 1.29 is 0 Å². The van der Waals surface area contributed by atoms with E-state index >= 15 is 0 Å². The maximum Gasteiger partial charge on any atom is 0.0702 e. The average Bonchev–Trinajstić information content (AvgIpc) is 2.94. The number of nitrogens with zero attached hydrogens (tertiary/aromatic N) is 1. The van der Waals surface area contributed by atoms with E-state index in [2.05, 4.69) is 55.7 Å². The molecule has 5 heteroatoms. The van der Waals surface area contributed by atoms with Crippen LogP contribution in [0.3, 0.4) is 0 Å². The number of thiophene rings is 1. The van der Waals surface area contributed by atoms with E-state index < -0.39 is 0 Å². The fraction of sp³-hybridized carbons (Fsp3) is 0.0833. The molecule has 3 aromatic rings. The van der Waals surface area contributed by atoms with Crippen LogP contribution in [0, 0.1) is 0 Å². The highest BCUT2D eigenvalue weighted by Crippen LogP contribution is 2.23. The lowest BCUT2D eigenvalue weighted by atomic mass is 10.2. The zero-order valence-corrected chi connectivity index (χ0v) is 11.3. The minimum absolute atomic E-state index is 0.847. The molecule has 3 nitrogen and oxygen atoms in total. The van der Waals surface area contributed by atoms with Gasteiger partial charge in [-0.1, -0.05) is 0 Å². The molecule has 3 rings (SSSR count). The normalized spacial score (nSPS) is 10.9. The van der Waals surface area contributed by atoms with E-state index in [1.54, 1.807) is 11.3 Å². The summed E-state index contributed by atoms with van der Waals surface area (Å²) in [7, 11) is 0. The van der Waals surface area contributed by atoms with E-state index in [4.69, 9.17) is 0 Å². The predicted octanol–water partition coefficient (Wildman–Crippen LogP) is 4.00. The molecule has 0 spiro atoms. The number of fused-ring (bicyclic) bond motifs is 1. The summed E-state index contributed by atoms with van der Waals surface area (Å²) < 4.78 is 1.17. The van der Waals surface area contributed by atoms with Gasteiger partial charge in [0.2, 0.25) is 0 Å². The Kier molecular flexibility index (Phi) is 2.86. The average molecular weight is 308 g/mol. The lowest BCUT2D eigenvalue weighted by Gasteiger charge is -2.04. The van der Waals surface area contributed by atoms with Crippen LogP contribution in [0.5, 0.6) is 0 Å². The van der Waals surface area contributed by atoms with Crippen LogP contribution in [-0.4, -0.2) is 10.2 Å². The molecule has 2 aromatic heterocycles. The molecule has 0 bridgehead atoms. The molecule has 0 radical (unpaired) electrons. The number of hydrogen-bond donors (Lipinski definition) is 2. The van der Waals surface area contributed by atoms with Gasteiger partial charge in [0.25, 0.3) is 0 Å². The Labute approximate surface area is 111 Å². The molecular weight excluding hydrogens is 298 g/mol. The van der Waals surface area contributed by atoms with Crippen LogP contribution in [0.1, 0.15) is 4.88 Å². The number of aromatic nitrogens is 2. The molecule has 17 heavy (non-hydrogen) atoms. The highest BCUT2D eigenvalue weighted by molar-refractivity contribution is 9.11. The quantitative estimate of drug-likeness (QED) is 0.768. The fourth-order valence-corrected chi connectivity index (χ4v) is 3.11. The highest BCUT2D eigenvalue weighted by atomic mass is 79.9. The van der Waals surface area contributed by atoms with Crippen molar-refractivity contribution in [2.24, 2.45) is 0 Å². The summed E-state index contributed by atoms with van der Waals surface area (Å²) in [5.74, 6) is 0. The summed E-state index contributed by atoms with van der Waals surface area (Å²) in [6, 6.07) is 10.4. The van der Waals surface area contributed by atoms with Crippen molar-refractivity contribution >= 4 is 43.9 Å². The third-order valence-corrected chi connectivity index (χ3v) is 4.16. The van der Waals surface area contributed by atoms with E-state index in [1.807, 2.05) is 12.3 Å². The second-order valence-corrected chi connectivity index (χ2v) is 6.28. The largest absolute Gasteiger partial charge is 0.380 e. The third-order valence-electron chi connectivity index (χ3n) is 2.54. The molecule has 0 unspecified atom stereocenters. The Morgan fingerprint density at radius 2 is 2.24 bits per heavy atom. The molecule has 0 fully saturated rings. The van der Waals surface area contributed by atoms with Crippen molar-refractivity contribution in [3.05, 3.63) is 45.2 Å². The van der Waals surface area contributed by atoms with Crippen LogP contribution >= 0.6 is 27.3 Å². The molecule has 0 saturated carbocycles. The van der Waals surface area contributed by atoms with Gasteiger partial charge in [-0.05, 0) is 46.3 Å². The SMILES string of the molecule is Brc1ccc(CNc2ccc3[nH]ncc3c2)s1. The standard InChI is InChI=1S/C12H10BrN3S/c13-12-4-2-10(17-12)7-14-9-1-3-11-8(5-9)6-15-16-11/h1-6,14H,7H2,(H,15,16). The van der Waals surface area contributed by atoms with Crippen molar-refractivity contribution in [3.8, 4) is 0 Å². The number of anilines is 1. The van der Waals surface area contributed by atoms with Crippen molar-refractivity contribution in [2.75, 3.05) is 5.32 Å². The Balaban J connectivity index is 1.76. The lowest BCUT2D eigenvalue weighted by molar-refractivity contribution is 1.12. The first kappa shape index (κ1) is 10.8. The molecule has 86 valence electrons. The number of benzene rings is 1. The number of nitrogens with one attached hydrogen (secondary N) is 2. The summed E-state index contributed by atoms with van der Waals surface area (Å²) in [5, 5.41) is 11.5. The van der Waals surface area contributed by atoms with Crippen LogP contribution < -0.4 is 5.32 Å². The number of hydrogen-bond acceptors (Lipinski definition) is 3.